The number of carbonyl (C=O) groups is 2. The van der Waals surface area contributed by atoms with Crippen molar-refractivity contribution in [1.29, 1.82) is 0 Å². The molecule has 5 rings (SSSR count). The van der Waals surface area contributed by atoms with Crippen LogP contribution in [0, 0.1) is 5.92 Å². The van der Waals surface area contributed by atoms with E-state index in [9.17, 15) is 14.4 Å². The first-order valence-electron chi connectivity index (χ1n) is 15.5. The highest BCUT2D eigenvalue weighted by Crippen LogP contribution is 2.46. The Hall–Kier alpha value is -4.14. The predicted molar refractivity (Wildman–Crippen MR) is 169 cm³/mol. The van der Waals surface area contributed by atoms with Crippen LogP contribution in [-0.4, -0.2) is 45.5 Å². The normalized spacial score (nSPS) is 19.9. The highest BCUT2D eigenvalue weighted by atomic mass is 16.6. The predicted octanol–water partition coefficient (Wildman–Crippen LogP) is 5.55. The van der Waals surface area contributed by atoms with Crippen molar-refractivity contribution < 1.29 is 23.5 Å². The van der Waals surface area contributed by atoms with Gasteiger partial charge >= 0.3 is 11.6 Å². The number of allylic oxidation sites excluding steroid dienone is 1. The van der Waals surface area contributed by atoms with Crippen LogP contribution >= 0.6 is 0 Å². The van der Waals surface area contributed by atoms with E-state index in [4.69, 9.17) is 19.6 Å². The van der Waals surface area contributed by atoms with Gasteiger partial charge in [-0.1, -0.05) is 19.9 Å². The van der Waals surface area contributed by atoms with Crippen LogP contribution in [0.3, 0.4) is 0 Å². The van der Waals surface area contributed by atoms with E-state index < -0.39 is 22.8 Å². The fourth-order valence-electron chi connectivity index (χ4n) is 6.14. The van der Waals surface area contributed by atoms with Crippen molar-refractivity contribution in [2.24, 2.45) is 5.92 Å². The average molecular weight is 602 g/mol. The molecule has 1 aromatic carbocycles. The van der Waals surface area contributed by atoms with Gasteiger partial charge in [-0.05, 0) is 87.8 Å². The second-order valence-electron chi connectivity index (χ2n) is 13.1. The number of amides is 1. The van der Waals surface area contributed by atoms with Crippen LogP contribution in [0.15, 0.2) is 57.4 Å². The molecule has 234 valence electrons. The molecular weight excluding hydrogens is 558 g/mol. The average Bonchev–Trinajstić information content (AvgIpc) is 3.30. The second-order valence-corrected chi connectivity index (χ2v) is 13.1. The van der Waals surface area contributed by atoms with Gasteiger partial charge in [0.05, 0.1) is 6.42 Å². The third-order valence-electron chi connectivity index (χ3n) is 9.25. The number of aromatic nitrogens is 1. The van der Waals surface area contributed by atoms with Crippen LogP contribution in [-0.2, 0) is 33.6 Å². The molecule has 2 aliphatic rings. The molecule has 2 atom stereocenters. The number of hydrogen-bond acceptors (Lipinski definition) is 8. The third-order valence-corrected chi connectivity index (χ3v) is 9.25. The number of benzene rings is 1. The lowest BCUT2D eigenvalue weighted by Gasteiger charge is -2.43. The molecule has 0 radical (unpaired) electrons. The number of pyridine rings is 1. The number of carbonyl (C=O) groups excluding carboxylic acids is 2. The number of esters is 1. The van der Waals surface area contributed by atoms with Gasteiger partial charge in [-0.15, -0.1) is 0 Å². The van der Waals surface area contributed by atoms with Crippen molar-refractivity contribution >= 4 is 28.7 Å². The molecule has 2 N–H and O–H groups in total. The Morgan fingerprint density at radius 3 is 2.68 bits per heavy atom. The molecule has 3 aromatic rings. The van der Waals surface area contributed by atoms with E-state index in [1.54, 1.807) is 44.3 Å². The minimum absolute atomic E-state index is 0.0678. The summed E-state index contributed by atoms with van der Waals surface area (Å²) in [6.45, 7) is 12.3. The Kier molecular flexibility index (Phi) is 8.60. The van der Waals surface area contributed by atoms with Gasteiger partial charge in [-0.3, -0.25) is 4.79 Å². The first-order chi connectivity index (χ1) is 20.8. The summed E-state index contributed by atoms with van der Waals surface area (Å²) in [5, 5.41) is 0.767. The molecule has 1 saturated heterocycles. The molecule has 0 unspecified atom stereocenters. The van der Waals surface area contributed by atoms with E-state index in [2.05, 4.69) is 18.8 Å². The lowest BCUT2D eigenvalue weighted by molar-refractivity contribution is -0.174. The topological polar surface area (TPSA) is 125 Å². The van der Waals surface area contributed by atoms with Gasteiger partial charge in [0.15, 0.2) is 5.60 Å². The Labute approximate surface area is 258 Å². The van der Waals surface area contributed by atoms with Gasteiger partial charge < -0.3 is 24.5 Å². The summed E-state index contributed by atoms with van der Waals surface area (Å²) in [4.78, 5) is 44.8. The number of nitrogen functional groups attached to an aromatic ring is 1. The van der Waals surface area contributed by atoms with Gasteiger partial charge in [0.2, 0.25) is 5.91 Å². The monoisotopic (exact) mass is 601 g/mol. The number of rotatable bonds is 10. The molecule has 0 spiro atoms. The Balaban J connectivity index is 1.50. The second kappa shape index (κ2) is 12.1. The van der Waals surface area contributed by atoms with E-state index in [1.807, 2.05) is 24.8 Å². The maximum absolute atomic E-state index is 13.5. The molecule has 4 heterocycles. The number of likely N-dealkylation sites (tertiary alicyclic amines) is 1. The van der Waals surface area contributed by atoms with E-state index in [-0.39, 0.29) is 18.4 Å². The van der Waals surface area contributed by atoms with Gasteiger partial charge in [-0.25, -0.2) is 14.6 Å². The molecule has 44 heavy (non-hydrogen) atoms. The van der Waals surface area contributed by atoms with E-state index >= 15 is 0 Å². The molecule has 9 nitrogen and oxygen atoms in total. The van der Waals surface area contributed by atoms with Gasteiger partial charge in [0.1, 0.15) is 22.8 Å². The van der Waals surface area contributed by atoms with Gasteiger partial charge in [-0.2, -0.15) is 0 Å². The van der Waals surface area contributed by atoms with Crippen molar-refractivity contribution in [1.82, 2.24) is 9.88 Å². The van der Waals surface area contributed by atoms with Crippen LogP contribution in [0.25, 0.3) is 11.0 Å². The maximum atomic E-state index is 13.5. The summed E-state index contributed by atoms with van der Waals surface area (Å²) in [6.07, 6.45) is 7.40. The summed E-state index contributed by atoms with van der Waals surface area (Å²) in [6, 6.07) is 8.83. The summed E-state index contributed by atoms with van der Waals surface area (Å²) < 4.78 is 18.3. The van der Waals surface area contributed by atoms with Crippen molar-refractivity contribution in [2.45, 2.75) is 97.3 Å². The van der Waals surface area contributed by atoms with E-state index in [0.717, 1.165) is 47.9 Å². The van der Waals surface area contributed by atoms with Crippen LogP contribution in [0.1, 0.15) is 77.5 Å². The maximum Gasteiger partial charge on any atom is 0.336 e. The largest absolute Gasteiger partial charge is 0.482 e. The van der Waals surface area contributed by atoms with Crippen LogP contribution < -0.4 is 16.1 Å². The SMILES string of the molecule is C/C=C(\C)C(=O)OC(C)(C)[C@]1(Cc2cc(N)ncc2CC(=O)N2CC[C@@H]2CCC(C)C)Cc2cc3ccc(=O)oc3cc2O1. The van der Waals surface area contributed by atoms with E-state index in [1.165, 1.54) is 6.07 Å². The fourth-order valence-corrected chi connectivity index (χ4v) is 6.14. The minimum Gasteiger partial charge on any atom is -0.482 e. The molecule has 0 aliphatic carbocycles. The lowest BCUT2D eigenvalue weighted by atomic mass is 9.76. The van der Waals surface area contributed by atoms with Crippen molar-refractivity contribution in [3.05, 3.63) is 75.3 Å². The van der Waals surface area contributed by atoms with Crippen molar-refractivity contribution in [3.63, 3.8) is 0 Å². The first-order valence-corrected chi connectivity index (χ1v) is 15.5. The molecule has 9 heteroatoms. The lowest BCUT2D eigenvalue weighted by Crippen LogP contribution is -2.58. The summed E-state index contributed by atoms with van der Waals surface area (Å²) in [5.74, 6) is 1.09. The smallest absolute Gasteiger partial charge is 0.336 e. The quantitative estimate of drug-likeness (QED) is 0.182. The molecule has 1 fully saturated rings. The number of hydrogen-bond donors (Lipinski definition) is 1. The Morgan fingerprint density at radius 2 is 2.00 bits per heavy atom. The van der Waals surface area contributed by atoms with Crippen LogP contribution in [0.5, 0.6) is 5.75 Å². The fraction of sp³-hybridized carbons (Fsp3) is 0.486. The zero-order chi connectivity index (χ0) is 31.8. The first kappa shape index (κ1) is 31.3. The molecule has 2 aromatic heterocycles. The van der Waals surface area contributed by atoms with Crippen LogP contribution in [0.4, 0.5) is 5.82 Å². The summed E-state index contributed by atoms with van der Waals surface area (Å²) in [5.41, 5.74) is 6.91. The number of nitrogens with zero attached hydrogens (tertiary/aromatic N) is 2. The number of anilines is 1. The highest BCUT2D eigenvalue weighted by molar-refractivity contribution is 5.88. The van der Waals surface area contributed by atoms with Crippen LogP contribution in [0.2, 0.25) is 0 Å². The zero-order valence-corrected chi connectivity index (χ0v) is 26.6. The number of ether oxygens (including phenoxy) is 2. The Morgan fingerprint density at radius 1 is 1.23 bits per heavy atom. The minimum atomic E-state index is -1.13. The molecule has 0 saturated carbocycles. The van der Waals surface area contributed by atoms with Gasteiger partial charge in [0, 0.05) is 54.7 Å². The van der Waals surface area contributed by atoms with E-state index in [0.29, 0.717) is 41.5 Å². The molecule has 1 amide bonds. The molecular formula is C35H43N3O6. The molecule has 2 aliphatic heterocycles. The van der Waals surface area contributed by atoms with Crippen molar-refractivity contribution in [2.75, 3.05) is 12.3 Å². The number of fused-ring (bicyclic) bond motifs is 2. The summed E-state index contributed by atoms with van der Waals surface area (Å²) in [7, 11) is 0. The summed E-state index contributed by atoms with van der Waals surface area (Å²) >= 11 is 0. The highest BCUT2D eigenvalue weighted by Gasteiger charge is 2.54. The third kappa shape index (κ3) is 6.23. The number of nitrogens with two attached hydrogens (primary N) is 1. The standard InChI is InChI=1S/C35H43N3O6/c1-7-22(4)33(41)44-34(5,6)35(19-25-14-23-9-11-32(40)42-28(23)17-29(25)43-35)18-24-15-30(36)37-20-26(24)16-31(39)38-13-12-27(38)10-8-21(2)3/h7,9,11,14-15,17,20-21,27H,8,10,12-13,16,18-19H2,1-6H3,(H2,36,37)/b22-7+/t27-,35-/m0/s1. The zero-order valence-electron chi connectivity index (χ0n) is 26.6. The Bertz CT molecular complexity index is 1670. The van der Waals surface area contributed by atoms with Gasteiger partial charge in [0.25, 0.3) is 0 Å². The van der Waals surface area contributed by atoms with Crippen molar-refractivity contribution in [3.8, 4) is 5.75 Å². The molecule has 0 bridgehead atoms.